The van der Waals surface area contributed by atoms with Crippen molar-refractivity contribution in [3.05, 3.63) is 44.5 Å². The van der Waals surface area contributed by atoms with Crippen molar-refractivity contribution in [2.75, 3.05) is 11.5 Å². The van der Waals surface area contributed by atoms with Crippen LogP contribution in [0.2, 0.25) is 0 Å². The van der Waals surface area contributed by atoms with Crippen molar-refractivity contribution in [3.8, 4) is 11.4 Å². The second-order valence-electron chi connectivity index (χ2n) is 6.32. The molecule has 0 radical (unpaired) electrons. The Hall–Kier alpha value is -3.08. The third-order valence-corrected chi connectivity index (χ3v) is 5.40. The predicted octanol–water partition coefficient (Wildman–Crippen LogP) is 1.68. The van der Waals surface area contributed by atoms with Gasteiger partial charge in [-0.3, -0.25) is 19.1 Å². The molecule has 154 valence electrons. The van der Waals surface area contributed by atoms with Gasteiger partial charge in [0.25, 0.3) is 5.56 Å². The lowest BCUT2D eigenvalue weighted by atomic mass is 10.2. The van der Waals surface area contributed by atoms with Crippen molar-refractivity contribution in [1.29, 1.82) is 0 Å². The number of nitrogen functional groups attached to an aromatic ring is 1. The molecule has 0 spiro atoms. The Morgan fingerprint density at radius 1 is 1.28 bits per heavy atom. The maximum Gasteiger partial charge on any atom is 0.329 e. The average Bonchev–Trinajstić information content (AvgIpc) is 3.28. The number of carbonyl (C=O) groups is 1. The van der Waals surface area contributed by atoms with Crippen LogP contribution in [-0.4, -0.2) is 35.9 Å². The van der Waals surface area contributed by atoms with Crippen LogP contribution < -0.4 is 17.0 Å². The summed E-state index contributed by atoms with van der Waals surface area (Å²) in [7, 11) is 0. The standard InChI is InChI=1S/C18H22N6O4S/c1-4-7-24-14(19)13(16(26)20-17(24)27)12(25)9-29-18-22-21-15(23(18)5-2)11-6-8-28-10(11)3/h6,8H,4-5,7,9,19H2,1-3H3,(H,20,26,27). The molecule has 3 N–H and O–H groups in total. The van der Waals surface area contributed by atoms with Gasteiger partial charge in [0, 0.05) is 13.1 Å². The highest BCUT2D eigenvalue weighted by molar-refractivity contribution is 7.99. The first kappa shape index (κ1) is 20.6. The molecule has 3 aromatic heterocycles. The van der Waals surface area contributed by atoms with Gasteiger partial charge in [0.15, 0.2) is 16.8 Å². The van der Waals surface area contributed by atoms with Crippen molar-refractivity contribution in [1.82, 2.24) is 24.3 Å². The summed E-state index contributed by atoms with van der Waals surface area (Å²) in [4.78, 5) is 39.0. The monoisotopic (exact) mass is 418 g/mol. The number of hydrogen-bond donors (Lipinski definition) is 2. The SMILES string of the molecule is CCCn1c(N)c(C(=O)CSc2nnc(-c3ccoc3C)n2CC)c(=O)[nH]c1=O. The number of aryl methyl sites for hydroxylation is 1. The number of nitrogens with one attached hydrogen (secondary N) is 1. The Labute approximate surface area is 170 Å². The van der Waals surface area contributed by atoms with Gasteiger partial charge in [0.2, 0.25) is 0 Å². The summed E-state index contributed by atoms with van der Waals surface area (Å²) in [5.41, 5.74) is 5.16. The average molecular weight is 418 g/mol. The van der Waals surface area contributed by atoms with Gasteiger partial charge in [-0.25, -0.2) is 4.79 Å². The van der Waals surface area contributed by atoms with Crippen LogP contribution in [0, 0.1) is 6.92 Å². The van der Waals surface area contributed by atoms with Gasteiger partial charge < -0.3 is 14.7 Å². The van der Waals surface area contributed by atoms with E-state index in [9.17, 15) is 14.4 Å². The van der Waals surface area contributed by atoms with Gasteiger partial charge in [0.05, 0.1) is 17.6 Å². The van der Waals surface area contributed by atoms with Crippen molar-refractivity contribution < 1.29 is 9.21 Å². The number of H-pyrrole nitrogens is 1. The number of carbonyl (C=O) groups excluding carboxylic acids is 1. The molecule has 0 amide bonds. The molecule has 0 aliphatic rings. The van der Waals surface area contributed by atoms with Crippen molar-refractivity contribution >= 4 is 23.4 Å². The van der Waals surface area contributed by atoms with Gasteiger partial charge >= 0.3 is 5.69 Å². The second-order valence-corrected chi connectivity index (χ2v) is 7.27. The smallest absolute Gasteiger partial charge is 0.329 e. The maximum atomic E-state index is 12.7. The molecule has 0 atom stereocenters. The third kappa shape index (κ3) is 3.90. The van der Waals surface area contributed by atoms with Gasteiger partial charge in [-0.1, -0.05) is 18.7 Å². The fraction of sp³-hybridized carbons (Fsp3) is 0.389. The van der Waals surface area contributed by atoms with E-state index in [4.69, 9.17) is 10.2 Å². The number of anilines is 1. The van der Waals surface area contributed by atoms with E-state index in [1.165, 1.54) is 4.57 Å². The number of hydrogen-bond acceptors (Lipinski definition) is 8. The molecule has 10 nitrogen and oxygen atoms in total. The zero-order valence-corrected chi connectivity index (χ0v) is 17.2. The third-order valence-electron chi connectivity index (χ3n) is 4.43. The van der Waals surface area contributed by atoms with E-state index in [2.05, 4.69) is 15.2 Å². The summed E-state index contributed by atoms with van der Waals surface area (Å²) in [6.07, 6.45) is 2.21. The summed E-state index contributed by atoms with van der Waals surface area (Å²) in [6, 6.07) is 1.81. The summed E-state index contributed by atoms with van der Waals surface area (Å²) in [5.74, 6) is 0.697. The highest BCUT2D eigenvalue weighted by Gasteiger charge is 2.22. The van der Waals surface area contributed by atoms with Crippen LogP contribution in [0.3, 0.4) is 0 Å². The number of rotatable bonds is 8. The highest BCUT2D eigenvalue weighted by atomic mass is 32.2. The highest BCUT2D eigenvalue weighted by Crippen LogP contribution is 2.27. The molecule has 29 heavy (non-hydrogen) atoms. The Kier molecular flexibility index (Phi) is 6.06. The number of aromatic nitrogens is 5. The van der Waals surface area contributed by atoms with E-state index in [1.54, 1.807) is 6.26 Å². The molecule has 0 aromatic carbocycles. The topological polar surface area (TPSA) is 142 Å². The summed E-state index contributed by atoms with van der Waals surface area (Å²) in [6.45, 7) is 6.55. The number of nitrogens with zero attached hydrogens (tertiary/aromatic N) is 4. The molecule has 3 rings (SSSR count). The molecule has 3 heterocycles. The molecule has 0 saturated heterocycles. The molecular formula is C18H22N6O4S. The quantitative estimate of drug-likeness (QED) is 0.416. The summed E-state index contributed by atoms with van der Waals surface area (Å²) < 4.78 is 8.39. The molecule has 0 aliphatic carbocycles. The maximum absolute atomic E-state index is 12.7. The van der Waals surface area contributed by atoms with Crippen LogP contribution in [-0.2, 0) is 13.1 Å². The largest absolute Gasteiger partial charge is 0.469 e. The first-order valence-electron chi connectivity index (χ1n) is 9.15. The fourth-order valence-corrected chi connectivity index (χ4v) is 3.88. The minimum Gasteiger partial charge on any atom is -0.469 e. The first-order chi connectivity index (χ1) is 13.9. The van der Waals surface area contributed by atoms with Crippen LogP contribution in [0.15, 0.2) is 31.5 Å². The normalized spacial score (nSPS) is 11.1. The molecule has 11 heteroatoms. The Bertz CT molecular complexity index is 1160. The molecular weight excluding hydrogens is 396 g/mol. The van der Waals surface area contributed by atoms with E-state index >= 15 is 0 Å². The number of Topliss-reactive ketones (excluding diaryl/α,β-unsaturated/α-hetero) is 1. The molecule has 0 aliphatic heterocycles. The zero-order chi connectivity index (χ0) is 21.1. The van der Waals surface area contributed by atoms with E-state index in [0.717, 1.165) is 23.1 Å². The first-order valence-corrected chi connectivity index (χ1v) is 10.1. The van der Waals surface area contributed by atoms with E-state index < -0.39 is 17.0 Å². The molecule has 0 fully saturated rings. The van der Waals surface area contributed by atoms with Crippen molar-refractivity contribution in [2.45, 2.75) is 45.4 Å². The zero-order valence-electron chi connectivity index (χ0n) is 16.4. The molecule has 3 aromatic rings. The van der Waals surface area contributed by atoms with Crippen LogP contribution in [0.4, 0.5) is 5.82 Å². The number of thioether (sulfide) groups is 1. The lowest BCUT2D eigenvalue weighted by molar-refractivity contribution is 0.102. The number of nitrogens with two attached hydrogens (primary N) is 1. The lowest BCUT2D eigenvalue weighted by Gasteiger charge is -2.11. The Balaban J connectivity index is 1.86. The van der Waals surface area contributed by atoms with Gasteiger partial charge in [-0.2, -0.15) is 0 Å². The van der Waals surface area contributed by atoms with E-state index in [1.807, 2.05) is 31.4 Å². The van der Waals surface area contributed by atoms with E-state index in [-0.39, 0.29) is 17.1 Å². The minimum absolute atomic E-state index is 0.0693. The van der Waals surface area contributed by atoms with Crippen LogP contribution in [0.25, 0.3) is 11.4 Å². The predicted molar refractivity (Wildman–Crippen MR) is 109 cm³/mol. The Morgan fingerprint density at radius 3 is 2.66 bits per heavy atom. The van der Waals surface area contributed by atoms with Crippen molar-refractivity contribution in [3.63, 3.8) is 0 Å². The van der Waals surface area contributed by atoms with Crippen LogP contribution in [0.5, 0.6) is 0 Å². The van der Waals surface area contributed by atoms with Gasteiger partial charge in [0.1, 0.15) is 17.1 Å². The van der Waals surface area contributed by atoms with Crippen molar-refractivity contribution in [2.24, 2.45) is 0 Å². The van der Waals surface area contributed by atoms with Gasteiger partial charge in [-0.15, -0.1) is 10.2 Å². The fourth-order valence-electron chi connectivity index (χ4n) is 3.00. The van der Waals surface area contributed by atoms with E-state index in [0.29, 0.717) is 30.5 Å². The Morgan fingerprint density at radius 2 is 2.03 bits per heavy atom. The number of aromatic amines is 1. The number of ketones is 1. The van der Waals surface area contributed by atoms with Gasteiger partial charge in [-0.05, 0) is 26.3 Å². The summed E-state index contributed by atoms with van der Waals surface area (Å²) >= 11 is 1.15. The van der Waals surface area contributed by atoms with Crippen LogP contribution in [0.1, 0.15) is 36.4 Å². The molecule has 0 bridgehead atoms. The molecule has 0 saturated carbocycles. The van der Waals surface area contributed by atoms with Crippen LogP contribution >= 0.6 is 11.8 Å². The molecule has 0 unspecified atom stereocenters. The number of furan rings is 1. The minimum atomic E-state index is -0.780. The second kappa shape index (κ2) is 8.52. The summed E-state index contributed by atoms with van der Waals surface area (Å²) in [5, 5.41) is 8.91. The lowest BCUT2D eigenvalue weighted by Crippen LogP contribution is -2.36.